The van der Waals surface area contributed by atoms with E-state index in [9.17, 15) is 13.2 Å². The van der Waals surface area contributed by atoms with E-state index in [0.717, 1.165) is 17.8 Å². The van der Waals surface area contributed by atoms with Crippen molar-refractivity contribution < 1.29 is 13.2 Å². The number of carbonyl (C=O) groups is 1. The first-order valence-electron chi connectivity index (χ1n) is 8.84. The summed E-state index contributed by atoms with van der Waals surface area (Å²) in [5, 5.41) is 2.85. The summed E-state index contributed by atoms with van der Waals surface area (Å²) in [5.74, 6) is 0.615. The number of amides is 1. The number of benzene rings is 1. The van der Waals surface area contributed by atoms with Crippen LogP contribution in [0.2, 0.25) is 0 Å². The predicted molar refractivity (Wildman–Crippen MR) is 103 cm³/mol. The Morgan fingerprint density at radius 1 is 1.15 bits per heavy atom. The second kappa shape index (κ2) is 7.03. The maximum atomic E-state index is 12.6. The van der Waals surface area contributed by atoms with Crippen molar-refractivity contribution in [1.82, 2.24) is 14.7 Å². The van der Waals surface area contributed by atoms with Gasteiger partial charge in [-0.15, -0.1) is 0 Å². The molecule has 8 heteroatoms. The van der Waals surface area contributed by atoms with Crippen LogP contribution in [-0.2, 0) is 16.6 Å². The molecular formula is C19H20N4O3S. The number of aromatic nitrogens is 2. The van der Waals surface area contributed by atoms with E-state index in [1.54, 1.807) is 30.5 Å². The van der Waals surface area contributed by atoms with Crippen molar-refractivity contribution >= 4 is 27.1 Å². The zero-order chi connectivity index (χ0) is 18.9. The maximum Gasteiger partial charge on any atom is 0.251 e. The Labute approximate surface area is 157 Å². The molecule has 1 saturated heterocycles. The molecule has 0 bridgehead atoms. The average molecular weight is 384 g/mol. The zero-order valence-corrected chi connectivity index (χ0v) is 15.5. The van der Waals surface area contributed by atoms with Crippen molar-refractivity contribution in [3.8, 4) is 0 Å². The van der Waals surface area contributed by atoms with E-state index in [2.05, 4.69) is 10.3 Å². The van der Waals surface area contributed by atoms with Gasteiger partial charge >= 0.3 is 0 Å². The van der Waals surface area contributed by atoms with Crippen LogP contribution in [-0.4, -0.2) is 36.0 Å². The molecule has 1 aliphatic heterocycles. The van der Waals surface area contributed by atoms with Crippen molar-refractivity contribution in [2.24, 2.45) is 0 Å². The molecule has 2 aromatic heterocycles. The van der Waals surface area contributed by atoms with Gasteiger partial charge in [0.15, 0.2) is 0 Å². The molecule has 4 rings (SSSR count). The number of fused-ring (bicyclic) bond motifs is 1. The van der Waals surface area contributed by atoms with Crippen LogP contribution in [0.5, 0.6) is 0 Å². The molecule has 0 spiro atoms. The van der Waals surface area contributed by atoms with Crippen LogP contribution in [0.15, 0.2) is 54.9 Å². The molecule has 1 amide bonds. The first-order chi connectivity index (χ1) is 13.0. The van der Waals surface area contributed by atoms with Crippen LogP contribution in [0.1, 0.15) is 29.0 Å². The van der Waals surface area contributed by atoms with Gasteiger partial charge in [0.2, 0.25) is 10.0 Å². The third kappa shape index (κ3) is 3.52. The summed E-state index contributed by atoms with van der Waals surface area (Å²) in [6.07, 6.45) is 5.15. The number of sulfonamides is 1. The second-order valence-electron chi connectivity index (χ2n) is 6.50. The maximum absolute atomic E-state index is 12.6. The van der Waals surface area contributed by atoms with Crippen molar-refractivity contribution in [2.75, 3.05) is 16.6 Å². The molecule has 0 atom stereocenters. The third-order valence-corrected chi connectivity index (χ3v) is 6.54. The number of imidazole rings is 1. The molecule has 27 heavy (non-hydrogen) atoms. The fraction of sp³-hybridized carbons (Fsp3) is 0.263. The lowest BCUT2D eigenvalue weighted by Crippen LogP contribution is -2.38. The molecule has 0 aliphatic carbocycles. The van der Waals surface area contributed by atoms with E-state index in [-0.39, 0.29) is 18.2 Å². The number of pyridine rings is 1. The monoisotopic (exact) mass is 384 g/mol. The van der Waals surface area contributed by atoms with Gasteiger partial charge in [0.25, 0.3) is 5.91 Å². The van der Waals surface area contributed by atoms with Crippen molar-refractivity contribution in [2.45, 2.75) is 19.4 Å². The van der Waals surface area contributed by atoms with E-state index in [1.807, 2.05) is 28.8 Å². The number of anilines is 1. The smallest absolute Gasteiger partial charge is 0.251 e. The normalized spacial score (nSPS) is 16.4. The standard InChI is InChI=1S/C19H20N4O3S/c24-19(21-14-18-20-13-17-7-1-2-9-22(17)18)15-6-5-8-16(12-15)23-10-3-4-11-27(23,25)26/h1-2,5-9,12-13H,3-4,10-11,14H2,(H,21,24). The summed E-state index contributed by atoms with van der Waals surface area (Å²) < 4.78 is 27.9. The highest BCUT2D eigenvalue weighted by molar-refractivity contribution is 7.92. The minimum atomic E-state index is -3.30. The van der Waals surface area contributed by atoms with E-state index in [1.165, 1.54) is 4.31 Å². The SMILES string of the molecule is O=C(NCc1ncc2ccccn12)c1cccc(N2CCCCS2(=O)=O)c1. The predicted octanol–water partition coefficient (Wildman–Crippen LogP) is 2.19. The fourth-order valence-corrected chi connectivity index (χ4v) is 4.90. The molecule has 140 valence electrons. The topological polar surface area (TPSA) is 83.8 Å². The summed E-state index contributed by atoms with van der Waals surface area (Å²) in [6.45, 7) is 0.733. The van der Waals surface area contributed by atoms with E-state index >= 15 is 0 Å². The van der Waals surface area contributed by atoms with Gasteiger partial charge in [0.05, 0.1) is 29.7 Å². The van der Waals surface area contributed by atoms with Crippen LogP contribution >= 0.6 is 0 Å². The van der Waals surface area contributed by atoms with Gasteiger partial charge in [-0.25, -0.2) is 13.4 Å². The Kier molecular flexibility index (Phi) is 4.57. The highest BCUT2D eigenvalue weighted by atomic mass is 32.2. The molecule has 0 unspecified atom stereocenters. The van der Waals surface area contributed by atoms with Gasteiger partial charge in [0, 0.05) is 18.3 Å². The van der Waals surface area contributed by atoms with Gasteiger partial charge in [-0.2, -0.15) is 0 Å². The minimum absolute atomic E-state index is 0.149. The lowest BCUT2D eigenvalue weighted by molar-refractivity contribution is 0.0950. The fourth-order valence-electron chi connectivity index (χ4n) is 3.27. The summed E-state index contributed by atoms with van der Waals surface area (Å²) in [7, 11) is -3.30. The summed E-state index contributed by atoms with van der Waals surface area (Å²) in [4.78, 5) is 16.9. The van der Waals surface area contributed by atoms with E-state index < -0.39 is 10.0 Å². The average Bonchev–Trinajstić information content (AvgIpc) is 3.09. The Balaban J connectivity index is 1.51. The molecule has 3 aromatic rings. The van der Waals surface area contributed by atoms with Crippen molar-refractivity contribution in [3.63, 3.8) is 0 Å². The van der Waals surface area contributed by atoms with E-state index in [4.69, 9.17) is 0 Å². The molecule has 1 aliphatic rings. The first-order valence-corrected chi connectivity index (χ1v) is 10.5. The Morgan fingerprint density at radius 3 is 2.89 bits per heavy atom. The van der Waals surface area contributed by atoms with Crippen LogP contribution in [0.25, 0.3) is 5.52 Å². The highest BCUT2D eigenvalue weighted by Gasteiger charge is 2.26. The van der Waals surface area contributed by atoms with Gasteiger partial charge in [-0.1, -0.05) is 12.1 Å². The van der Waals surface area contributed by atoms with Crippen LogP contribution in [0.4, 0.5) is 5.69 Å². The quantitative estimate of drug-likeness (QED) is 0.747. The van der Waals surface area contributed by atoms with Crippen molar-refractivity contribution in [3.05, 3.63) is 66.2 Å². The number of nitrogens with zero attached hydrogens (tertiary/aromatic N) is 3. The van der Waals surface area contributed by atoms with Gasteiger partial charge in [-0.05, 0) is 43.2 Å². The second-order valence-corrected chi connectivity index (χ2v) is 8.51. The van der Waals surface area contributed by atoms with Crippen molar-refractivity contribution in [1.29, 1.82) is 0 Å². The zero-order valence-electron chi connectivity index (χ0n) is 14.7. The van der Waals surface area contributed by atoms with Gasteiger partial charge in [-0.3, -0.25) is 9.10 Å². The third-order valence-electron chi connectivity index (χ3n) is 4.67. The largest absolute Gasteiger partial charge is 0.345 e. The molecule has 3 heterocycles. The van der Waals surface area contributed by atoms with Gasteiger partial charge < -0.3 is 9.72 Å². The molecule has 1 aromatic carbocycles. The lowest BCUT2D eigenvalue weighted by Gasteiger charge is -2.28. The number of hydrogen-bond donors (Lipinski definition) is 1. The summed E-state index contributed by atoms with van der Waals surface area (Å²) in [5.41, 5.74) is 1.92. The first kappa shape index (κ1) is 17.5. The molecule has 0 radical (unpaired) electrons. The summed E-state index contributed by atoms with van der Waals surface area (Å²) >= 11 is 0. The number of rotatable bonds is 4. The Bertz CT molecular complexity index is 1090. The highest BCUT2D eigenvalue weighted by Crippen LogP contribution is 2.24. The molecule has 0 saturated carbocycles. The molecular weight excluding hydrogens is 364 g/mol. The van der Waals surface area contributed by atoms with Crippen LogP contribution < -0.4 is 9.62 Å². The van der Waals surface area contributed by atoms with Crippen LogP contribution in [0, 0.1) is 0 Å². The molecule has 1 fully saturated rings. The van der Waals surface area contributed by atoms with Gasteiger partial charge in [0.1, 0.15) is 5.82 Å². The molecule has 1 N–H and O–H groups in total. The van der Waals surface area contributed by atoms with E-state index in [0.29, 0.717) is 24.2 Å². The minimum Gasteiger partial charge on any atom is -0.345 e. The number of carbonyl (C=O) groups excluding carboxylic acids is 1. The number of nitrogens with one attached hydrogen (secondary N) is 1. The lowest BCUT2D eigenvalue weighted by atomic mass is 10.2. The number of hydrogen-bond acceptors (Lipinski definition) is 4. The Morgan fingerprint density at radius 2 is 2.04 bits per heavy atom. The molecule has 7 nitrogen and oxygen atoms in total. The Hall–Kier alpha value is -2.87. The van der Waals surface area contributed by atoms with Crippen LogP contribution in [0.3, 0.4) is 0 Å². The summed E-state index contributed by atoms with van der Waals surface area (Å²) in [6, 6.07) is 12.5.